The van der Waals surface area contributed by atoms with Gasteiger partial charge in [0, 0.05) is 6.54 Å². The van der Waals surface area contributed by atoms with Gasteiger partial charge in [-0.25, -0.2) is 13.6 Å². The maximum absolute atomic E-state index is 13.6. The Morgan fingerprint density at radius 3 is 2.21 bits per heavy atom. The third-order valence-corrected chi connectivity index (χ3v) is 4.69. The first-order valence-electron chi connectivity index (χ1n) is 9.18. The minimum Gasteiger partial charge on any atom is -0.444 e. The Balaban J connectivity index is 2.27. The van der Waals surface area contributed by atoms with Gasteiger partial charge in [-0.2, -0.15) is 0 Å². The van der Waals surface area contributed by atoms with Gasteiger partial charge in [0.25, 0.3) is 0 Å². The molecule has 0 radical (unpaired) electrons. The number of alkyl carbamates (subject to hydrolysis) is 1. The number of hydrogen-bond donors (Lipinski definition) is 1. The first-order valence-corrected chi connectivity index (χ1v) is 9.18. The van der Waals surface area contributed by atoms with E-state index in [1.807, 2.05) is 27.7 Å². The molecule has 28 heavy (non-hydrogen) atoms. The van der Waals surface area contributed by atoms with Gasteiger partial charge in [-0.15, -0.1) is 0 Å². The highest BCUT2D eigenvalue weighted by atomic mass is 19.2. The second kappa shape index (κ2) is 7.83. The minimum atomic E-state index is -0.956. The zero-order chi connectivity index (χ0) is 21.3. The molecule has 0 unspecified atom stereocenters. The van der Waals surface area contributed by atoms with Gasteiger partial charge in [-0.05, 0) is 71.6 Å². The molecule has 1 aliphatic heterocycles. The Hall–Kier alpha value is -1.93. The molecule has 0 bridgehead atoms. The number of carbonyl (C=O) groups excluding carboxylic acids is 1. The molecular weight excluding hydrogens is 367 g/mol. The lowest BCUT2D eigenvalue weighted by molar-refractivity contribution is 0.00578. The Morgan fingerprint density at radius 1 is 1.14 bits per heavy atom. The summed E-state index contributed by atoms with van der Waals surface area (Å²) in [5.74, 6) is -1.89. The normalized spacial score (nSPS) is 18.9. The highest BCUT2D eigenvalue weighted by Crippen LogP contribution is 2.38. The second-order valence-electron chi connectivity index (χ2n) is 8.84. The first kappa shape index (κ1) is 22.4. The number of amides is 1. The number of nitrogens with one attached hydrogen (secondary N) is 1. The van der Waals surface area contributed by atoms with Crippen LogP contribution in [0.5, 0.6) is 0 Å². The van der Waals surface area contributed by atoms with Gasteiger partial charge < -0.3 is 19.4 Å². The van der Waals surface area contributed by atoms with Crippen LogP contribution in [-0.4, -0.2) is 36.6 Å². The molecule has 1 N–H and O–H groups in total. The van der Waals surface area contributed by atoms with Gasteiger partial charge in [0.05, 0.1) is 11.2 Å². The van der Waals surface area contributed by atoms with Crippen molar-refractivity contribution in [3.63, 3.8) is 0 Å². The van der Waals surface area contributed by atoms with Gasteiger partial charge in [-0.3, -0.25) is 0 Å². The van der Waals surface area contributed by atoms with Crippen LogP contribution in [0.3, 0.4) is 0 Å². The molecule has 2 rings (SSSR count). The average molecular weight is 395 g/mol. The molecule has 0 aromatic heterocycles. The maximum Gasteiger partial charge on any atom is 0.492 e. The highest BCUT2D eigenvalue weighted by molar-refractivity contribution is 6.56. The summed E-state index contributed by atoms with van der Waals surface area (Å²) in [5.41, 5.74) is -0.837. The van der Waals surface area contributed by atoms with Crippen LogP contribution in [0.1, 0.15) is 54.0 Å². The number of ether oxygens (including phenoxy) is 1. The lowest BCUT2D eigenvalue weighted by Gasteiger charge is -2.32. The van der Waals surface area contributed by atoms with Crippen molar-refractivity contribution in [1.82, 2.24) is 5.32 Å². The predicted molar refractivity (Wildman–Crippen MR) is 105 cm³/mol. The second-order valence-corrected chi connectivity index (χ2v) is 8.84. The van der Waals surface area contributed by atoms with Crippen molar-refractivity contribution in [2.45, 2.75) is 65.3 Å². The van der Waals surface area contributed by atoms with Gasteiger partial charge >= 0.3 is 13.2 Å². The Morgan fingerprint density at radius 2 is 1.71 bits per heavy atom. The molecule has 1 heterocycles. The van der Waals surface area contributed by atoms with Crippen LogP contribution >= 0.6 is 0 Å². The first-order chi connectivity index (χ1) is 12.7. The number of hydrogen-bond acceptors (Lipinski definition) is 4. The van der Waals surface area contributed by atoms with Crippen molar-refractivity contribution in [3.05, 3.63) is 40.9 Å². The lowest BCUT2D eigenvalue weighted by atomic mass is 9.77. The topological polar surface area (TPSA) is 56.8 Å². The molecule has 0 spiro atoms. The summed E-state index contributed by atoms with van der Waals surface area (Å²) in [6.45, 7) is 13.0. The van der Waals surface area contributed by atoms with Gasteiger partial charge in [0.2, 0.25) is 0 Å². The van der Waals surface area contributed by atoms with Crippen molar-refractivity contribution in [2.75, 3.05) is 6.54 Å². The van der Waals surface area contributed by atoms with Crippen LogP contribution in [0.2, 0.25) is 0 Å². The van der Waals surface area contributed by atoms with Gasteiger partial charge in [0.15, 0.2) is 11.6 Å². The molecule has 1 aromatic carbocycles. The largest absolute Gasteiger partial charge is 0.492 e. The molecule has 1 saturated heterocycles. The summed E-state index contributed by atoms with van der Waals surface area (Å²) in [5, 5.41) is 2.66. The number of carbonyl (C=O) groups is 1. The zero-order valence-electron chi connectivity index (χ0n) is 17.5. The van der Waals surface area contributed by atoms with E-state index in [-0.39, 0.29) is 6.54 Å². The summed E-state index contributed by atoms with van der Waals surface area (Å²) < 4.78 is 44.1. The van der Waals surface area contributed by atoms with E-state index in [2.05, 4.69) is 5.32 Å². The maximum atomic E-state index is 13.6. The third kappa shape index (κ3) is 5.55. The van der Waals surface area contributed by atoms with Crippen LogP contribution in [0.25, 0.3) is 6.08 Å². The van der Waals surface area contributed by atoms with E-state index in [9.17, 15) is 13.6 Å². The van der Waals surface area contributed by atoms with E-state index in [1.54, 1.807) is 26.8 Å². The predicted octanol–water partition coefficient (Wildman–Crippen LogP) is 4.50. The standard InChI is InChI=1S/C20H28BF2NO4/c1-18(2,3)26-17(25)24-12-14(10-13-8-9-15(22)16(23)11-13)21-27-19(4,5)20(6,7)28-21/h8-11H,12H2,1-7H3,(H,24,25). The van der Waals surface area contributed by atoms with E-state index in [1.165, 1.54) is 6.07 Å². The fraction of sp³-hybridized carbons (Fsp3) is 0.550. The van der Waals surface area contributed by atoms with Crippen LogP contribution < -0.4 is 5.32 Å². The Labute approximate surface area is 165 Å². The Kier molecular flexibility index (Phi) is 6.26. The molecule has 8 heteroatoms. The third-order valence-electron chi connectivity index (χ3n) is 4.69. The van der Waals surface area contributed by atoms with Crippen molar-refractivity contribution in [3.8, 4) is 0 Å². The number of rotatable bonds is 4. The SMILES string of the molecule is CC(C)(C)OC(=O)NCC(=Cc1ccc(F)c(F)c1)B1OC(C)(C)C(C)(C)O1. The molecule has 0 atom stereocenters. The minimum absolute atomic E-state index is 0.0603. The summed E-state index contributed by atoms with van der Waals surface area (Å²) in [4.78, 5) is 12.0. The van der Waals surface area contributed by atoms with Crippen LogP contribution in [0, 0.1) is 11.6 Å². The molecule has 0 saturated carbocycles. The molecule has 1 amide bonds. The zero-order valence-corrected chi connectivity index (χ0v) is 17.5. The molecule has 0 aliphatic carbocycles. The van der Waals surface area contributed by atoms with Gasteiger partial charge in [0.1, 0.15) is 5.60 Å². The van der Waals surface area contributed by atoms with E-state index in [4.69, 9.17) is 14.0 Å². The molecule has 1 fully saturated rings. The molecule has 5 nitrogen and oxygen atoms in total. The highest BCUT2D eigenvalue weighted by Gasteiger charge is 2.52. The number of benzene rings is 1. The summed E-state index contributed by atoms with van der Waals surface area (Å²) in [7, 11) is -0.756. The van der Waals surface area contributed by atoms with Crippen LogP contribution in [0.15, 0.2) is 23.7 Å². The monoisotopic (exact) mass is 395 g/mol. The fourth-order valence-electron chi connectivity index (χ4n) is 2.50. The van der Waals surface area contributed by atoms with Crippen LogP contribution in [0.4, 0.5) is 13.6 Å². The van der Waals surface area contributed by atoms with E-state index >= 15 is 0 Å². The average Bonchev–Trinajstić information content (AvgIpc) is 2.73. The molecule has 154 valence electrons. The molecular formula is C20H28BF2NO4. The Bertz CT molecular complexity index is 756. The summed E-state index contributed by atoms with van der Waals surface area (Å²) in [6.07, 6.45) is 1.02. The van der Waals surface area contributed by atoms with Crippen molar-refractivity contribution < 1.29 is 27.6 Å². The lowest BCUT2D eigenvalue weighted by Crippen LogP contribution is -2.41. The summed E-state index contributed by atoms with van der Waals surface area (Å²) in [6, 6.07) is 3.56. The number of halogens is 2. The van der Waals surface area contributed by atoms with Crippen LogP contribution in [-0.2, 0) is 14.0 Å². The molecule has 1 aromatic rings. The van der Waals surface area contributed by atoms with Crippen molar-refractivity contribution >= 4 is 19.3 Å². The smallest absolute Gasteiger partial charge is 0.444 e. The van der Waals surface area contributed by atoms with E-state index in [0.29, 0.717) is 11.0 Å². The molecule has 1 aliphatic rings. The van der Waals surface area contributed by atoms with Crippen molar-refractivity contribution in [2.24, 2.45) is 0 Å². The fourth-order valence-corrected chi connectivity index (χ4v) is 2.50. The van der Waals surface area contributed by atoms with E-state index < -0.39 is 41.6 Å². The van der Waals surface area contributed by atoms with Crippen molar-refractivity contribution in [1.29, 1.82) is 0 Å². The van der Waals surface area contributed by atoms with Gasteiger partial charge in [-0.1, -0.05) is 12.1 Å². The quantitative estimate of drug-likeness (QED) is 0.763. The van der Waals surface area contributed by atoms with E-state index in [0.717, 1.165) is 12.1 Å². The summed E-state index contributed by atoms with van der Waals surface area (Å²) >= 11 is 0.